The van der Waals surface area contributed by atoms with Gasteiger partial charge >= 0.3 is 0 Å². The minimum atomic E-state index is -0.287. The molecule has 0 unspecified atom stereocenters. The van der Waals surface area contributed by atoms with Crippen LogP contribution in [0.4, 0.5) is 0 Å². The number of benzene rings is 1. The lowest BCUT2D eigenvalue weighted by atomic mass is 10.0. The van der Waals surface area contributed by atoms with E-state index in [1.165, 1.54) is 5.56 Å². The van der Waals surface area contributed by atoms with E-state index in [1.54, 1.807) is 5.19 Å². The zero-order valence-corrected chi connectivity index (χ0v) is 9.39. The minimum absolute atomic E-state index is 0.287. The van der Waals surface area contributed by atoms with E-state index >= 15 is 0 Å². The van der Waals surface area contributed by atoms with Gasteiger partial charge in [0, 0.05) is 0 Å². The van der Waals surface area contributed by atoms with Crippen molar-refractivity contribution in [3.05, 3.63) is 29.8 Å². The lowest BCUT2D eigenvalue weighted by Gasteiger charge is -2.13. The number of hydrogen-bond acceptors (Lipinski definition) is 0. The van der Waals surface area contributed by atoms with Crippen molar-refractivity contribution in [2.45, 2.75) is 32.9 Å². The summed E-state index contributed by atoms with van der Waals surface area (Å²) in [6, 6.07) is 8.84. The summed E-state index contributed by atoms with van der Waals surface area (Å²) in [5.74, 6) is 0.668. The van der Waals surface area contributed by atoms with Gasteiger partial charge in [0.05, 0.1) is 8.80 Å². The highest BCUT2D eigenvalue weighted by Crippen LogP contribution is 2.11. The van der Waals surface area contributed by atoms with Gasteiger partial charge in [-0.15, -0.1) is 0 Å². The molecular formula is C11H17Si. The van der Waals surface area contributed by atoms with E-state index in [1.807, 2.05) is 0 Å². The predicted octanol–water partition coefficient (Wildman–Crippen LogP) is 2.77. The molecule has 0 heterocycles. The lowest BCUT2D eigenvalue weighted by molar-refractivity contribution is 0.873. The molecule has 0 saturated heterocycles. The largest absolute Gasteiger partial charge is 0.0795 e. The van der Waals surface area contributed by atoms with Crippen molar-refractivity contribution in [3.8, 4) is 0 Å². The van der Waals surface area contributed by atoms with Gasteiger partial charge in [-0.3, -0.25) is 0 Å². The van der Waals surface area contributed by atoms with Gasteiger partial charge in [0.25, 0.3) is 0 Å². The fourth-order valence-electron chi connectivity index (χ4n) is 1.46. The average Bonchev–Trinajstić information content (AvgIpc) is 2.04. The maximum Gasteiger partial charge on any atom is 0.0795 e. The van der Waals surface area contributed by atoms with Gasteiger partial charge in [-0.25, -0.2) is 0 Å². The first kappa shape index (κ1) is 9.52. The third-order valence-electron chi connectivity index (χ3n) is 2.12. The Morgan fingerprint density at radius 1 is 1.08 bits per heavy atom. The fraction of sp³-hybridized carbons (Fsp3) is 0.455. The summed E-state index contributed by atoms with van der Waals surface area (Å²) in [5.41, 5.74) is 1.54. The molecule has 1 heteroatoms. The molecule has 0 amide bonds. The van der Waals surface area contributed by atoms with Crippen LogP contribution < -0.4 is 5.19 Å². The number of rotatable bonds is 2. The van der Waals surface area contributed by atoms with Crippen LogP contribution in [0.15, 0.2) is 24.3 Å². The van der Waals surface area contributed by atoms with Crippen molar-refractivity contribution in [2.24, 2.45) is 0 Å². The van der Waals surface area contributed by atoms with Gasteiger partial charge in [0.1, 0.15) is 0 Å². The summed E-state index contributed by atoms with van der Waals surface area (Å²) in [4.78, 5) is 0. The molecule has 0 atom stereocenters. The molecule has 0 fully saturated rings. The first-order valence-electron chi connectivity index (χ1n) is 4.52. The average molecular weight is 177 g/mol. The molecule has 0 nitrogen and oxygen atoms in total. The van der Waals surface area contributed by atoms with E-state index < -0.39 is 0 Å². The Morgan fingerprint density at radius 2 is 1.67 bits per heavy atom. The van der Waals surface area contributed by atoms with Crippen LogP contribution in [0.25, 0.3) is 0 Å². The molecule has 0 aliphatic carbocycles. The quantitative estimate of drug-likeness (QED) is 0.609. The second kappa shape index (κ2) is 3.90. The molecule has 0 N–H and O–H groups in total. The summed E-state index contributed by atoms with van der Waals surface area (Å²) >= 11 is 0. The van der Waals surface area contributed by atoms with Crippen molar-refractivity contribution in [1.29, 1.82) is 0 Å². The Balaban J connectivity index is 3.09. The SMILES string of the molecule is CC(C)c1ccccc1[Si](C)C. The standard InChI is InChI=1S/C11H17Si/c1-9(2)10-7-5-6-8-11(10)12(3)4/h5-9H,1-4H3. The maximum atomic E-state index is 2.35. The van der Waals surface area contributed by atoms with Crippen LogP contribution in [0, 0.1) is 0 Å². The smallest absolute Gasteiger partial charge is 0.0671 e. The molecule has 1 aromatic carbocycles. The highest BCUT2D eigenvalue weighted by molar-refractivity contribution is 6.71. The Labute approximate surface area is 77.2 Å². The van der Waals surface area contributed by atoms with Crippen molar-refractivity contribution in [1.82, 2.24) is 0 Å². The fourth-order valence-corrected chi connectivity index (χ4v) is 2.83. The van der Waals surface area contributed by atoms with Gasteiger partial charge in [-0.2, -0.15) is 0 Å². The molecule has 0 aliphatic heterocycles. The lowest BCUT2D eigenvalue weighted by Crippen LogP contribution is -2.27. The topological polar surface area (TPSA) is 0 Å². The van der Waals surface area contributed by atoms with Crippen molar-refractivity contribution in [3.63, 3.8) is 0 Å². The van der Waals surface area contributed by atoms with Crippen molar-refractivity contribution in [2.75, 3.05) is 0 Å². The van der Waals surface area contributed by atoms with Crippen LogP contribution in [0.1, 0.15) is 25.3 Å². The summed E-state index contributed by atoms with van der Waals surface area (Å²) in [7, 11) is -0.287. The van der Waals surface area contributed by atoms with E-state index in [-0.39, 0.29) is 8.80 Å². The Hall–Kier alpha value is -0.563. The molecule has 12 heavy (non-hydrogen) atoms. The molecule has 0 aromatic heterocycles. The van der Waals surface area contributed by atoms with Crippen LogP contribution in [-0.2, 0) is 0 Å². The van der Waals surface area contributed by atoms with E-state index in [9.17, 15) is 0 Å². The van der Waals surface area contributed by atoms with Gasteiger partial charge in [0.15, 0.2) is 0 Å². The van der Waals surface area contributed by atoms with Gasteiger partial charge < -0.3 is 0 Å². The zero-order chi connectivity index (χ0) is 9.14. The third kappa shape index (κ3) is 1.98. The van der Waals surface area contributed by atoms with Crippen LogP contribution in [-0.4, -0.2) is 8.80 Å². The van der Waals surface area contributed by atoms with Crippen LogP contribution in [0.5, 0.6) is 0 Å². The van der Waals surface area contributed by atoms with Crippen molar-refractivity contribution < 1.29 is 0 Å². The predicted molar refractivity (Wildman–Crippen MR) is 57.6 cm³/mol. The molecule has 0 saturated carbocycles. The first-order chi connectivity index (χ1) is 5.63. The Bertz CT molecular complexity index is 224. The summed E-state index contributed by atoms with van der Waals surface area (Å²) in [5, 5.41) is 1.59. The first-order valence-corrected chi connectivity index (χ1v) is 7.02. The monoisotopic (exact) mass is 177 g/mol. The number of hydrogen-bond donors (Lipinski definition) is 0. The molecule has 65 valence electrons. The molecule has 1 rings (SSSR count). The van der Waals surface area contributed by atoms with E-state index in [0.29, 0.717) is 5.92 Å². The summed E-state index contributed by atoms with van der Waals surface area (Å²) in [6.45, 7) is 9.24. The van der Waals surface area contributed by atoms with E-state index in [4.69, 9.17) is 0 Å². The van der Waals surface area contributed by atoms with Gasteiger partial charge in [0.2, 0.25) is 0 Å². The Morgan fingerprint density at radius 3 is 2.08 bits per heavy atom. The van der Waals surface area contributed by atoms with Crippen molar-refractivity contribution >= 4 is 14.0 Å². The second-order valence-corrected chi connectivity index (χ2v) is 6.28. The molecular weight excluding hydrogens is 160 g/mol. The summed E-state index contributed by atoms with van der Waals surface area (Å²) < 4.78 is 0. The van der Waals surface area contributed by atoms with Gasteiger partial charge in [-0.1, -0.05) is 56.4 Å². The van der Waals surface area contributed by atoms with E-state index in [2.05, 4.69) is 51.2 Å². The molecule has 0 bridgehead atoms. The molecule has 0 spiro atoms. The highest BCUT2D eigenvalue weighted by Gasteiger charge is 2.08. The van der Waals surface area contributed by atoms with Crippen LogP contribution >= 0.6 is 0 Å². The van der Waals surface area contributed by atoms with Crippen LogP contribution in [0.3, 0.4) is 0 Å². The molecule has 1 aromatic rings. The normalized spacial score (nSPS) is 11.2. The molecule has 1 radical (unpaired) electrons. The maximum absolute atomic E-state index is 2.35. The third-order valence-corrected chi connectivity index (χ3v) is 3.65. The second-order valence-electron chi connectivity index (χ2n) is 3.74. The Kier molecular flexibility index (Phi) is 3.10. The molecule has 0 aliphatic rings. The van der Waals surface area contributed by atoms with Crippen LogP contribution in [0.2, 0.25) is 13.1 Å². The van der Waals surface area contributed by atoms with Gasteiger partial charge in [-0.05, 0) is 11.5 Å². The highest BCUT2D eigenvalue weighted by atomic mass is 28.3. The summed E-state index contributed by atoms with van der Waals surface area (Å²) in [6.07, 6.45) is 0. The van der Waals surface area contributed by atoms with E-state index in [0.717, 1.165) is 0 Å². The minimum Gasteiger partial charge on any atom is -0.0671 e. The zero-order valence-electron chi connectivity index (χ0n) is 8.39.